The number of aromatic nitrogens is 2. The van der Waals surface area contributed by atoms with E-state index in [9.17, 15) is 0 Å². The molecule has 0 amide bonds. The van der Waals surface area contributed by atoms with Crippen molar-refractivity contribution in [1.82, 2.24) is 9.78 Å². The summed E-state index contributed by atoms with van der Waals surface area (Å²) < 4.78 is 2.11. The van der Waals surface area contributed by atoms with E-state index in [1.54, 1.807) is 0 Å². The van der Waals surface area contributed by atoms with Gasteiger partial charge in [0.2, 0.25) is 0 Å². The summed E-state index contributed by atoms with van der Waals surface area (Å²) >= 11 is 0. The zero-order valence-electron chi connectivity index (χ0n) is 7.75. The Bertz CT molecular complexity index is 259. The molecule has 0 unspecified atom stereocenters. The molecular weight excluding hydrogens is 148 g/mol. The summed E-state index contributed by atoms with van der Waals surface area (Å²) in [4.78, 5) is 0. The van der Waals surface area contributed by atoms with Gasteiger partial charge in [-0.25, -0.2) is 0 Å². The largest absolute Gasteiger partial charge is 0.268 e. The molecule has 0 spiro atoms. The molecule has 1 aliphatic rings. The van der Waals surface area contributed by atoms with Crippen LogP contribution in [0.4, 0.5) is 0 Å². The summed E-state index contributed by atoms with van der Waals surface area (Å²) in [5.74, 6) is 1.47. The second-order valence-electron chi connectivity index (χ2n) is 3.98. The van der Waals surface area contributed by atoms with Crippen molar-refractivity contribution in [3.05, 3.63) is 18.0 Å². The van der Waals surface area contributed by atoms with Gasteiger partial charge in [0.25, 0.3) is 0 Å². The summed E-state index contributed by atoms with van der Waals surface area (Å²) in [6.45, 7) is 5.51. The predicted molar refractivity (Wildman–Crippen MR) is 47.9 cm³/mol. The highest BCUT2D eigenvalue weighted by atomic mass is 15.3. The average Bonchev–Trinajstić information content (AvgIpc) is 2.66. The van der Waals surface area contributed by atoms with E-state index >= 15 is 0 Å². The van der Waals surface area contributed by atoms with Crippen LogP contribution in [0.1, 0.15) is 38.3 Å². The first kappa shape index (κ1) is 7.84. The second-order valence-corrected chi connectivity index (χ2v) is 3.98. The summed E-state index contributed by atoms with van der Waals surface area (Å²) in [6.07, 6.45) is 5.70. The van der Waals surface area contributed by atoms with Gasteiger partial charge in [0.15, 0.2) is 0 Å². The summed E-state index contributed by atoms with van der Waals surface area (Å²) in [7, 11) is 0. The molecule has 1 saturated carbocycles. The van der Waals surface area contributed by atoms with Crippen LogP contribution in [0.2, 0.25) is 0 Å². The molecule has 12 heavy (non-hydrogen) atoms. The van der Waals surface area contributed by atoms with Crippen molar-refractivity contribution >= 4 is 0 Å². The molecule has 65 valence electrons. The van der Waals surface area contributed by atoms with Crippen LogP contribution in [-0.4, -0.2) is 9.78 Å². The molecule has 0 aliphatic heterocycles. The highest BCUT2D eigenvalue weighted by Crippen LogP contribution is 2.31. The summed E-state index contributed by atoms with van der Waals surface area (Å²) in [6, 6.07) is 2.01. The molecule has 1 aromatic rings. The van der Waals surface area contributed by atoms with Gasteiger partial charge in [-0.15, -0.1) is 0 Å². The van der Waals surface area contributed by atoms with Crippen LogP contribution >= 0.6 is 0 Å². The Morgan fingerprint density at radius 3 is 3.00 bits per heavy atom. The molecule has 2 nitrogen and oxygen atoms in total. The minimum atomic E-state index is 0.572. The fourth-order valence-electron chi connectivity index (χ4n) is 1.45. The lowest BCUT2D eigenvalue weighted by Gasteiger charge is -2.08. The van der Waals surface area contributed by atoms with Gasteiger partial charge in [0.05, 0.1) is 0 Å². The molecule has 1 heterocycles. The van der Waals surface area contributed by atoms with Gasteiger partial charge >= 0.3 is 0 Å². The molecule has 2 rings (SSSR count). The molecule has 0 bridgehead atoms. The van der Waals surface area contributed by atoms with E-state index in [0.29, 0.717) is 5.92 Å². The maximum atomic E-state index is 4.21. The first-order valence-corrected chi connectivity index (χ1v) is 4.71. The van der Waals surface area contributed by atoms with Crippen LogP contribution in [0.3, 0.4) is 0 Å². The Balaban J connectivity index is 2.11. The molecule has 0 aromatic carbocycles. The topological polar surface area (TPSA) is 17.8 Å². The molecule has 1 aromatic heterocycles. The second kappa shape index (κ2) is 2.92. The van der Waals surface area contributed by atoms with Crippen molar-refractivity contribution in [3.8, 4) is 0 Å². The average molecular weight is 163 g/mol. The Kier molecular flexibility index (Phi) is 1.91. The first-order chi connectivity index (χ1) is 5.77. The Morgan fingerprint density at radius 2 is 2.42 bits per heavy atom. The molecular formula is C10H15N2. The van der Waals surface area contributed by atoms with E-state index in [1.807, 2.05) is 6.07 Å². The molecule has 1 aliphatic carbocycles. The van der Waals surface area contributed by atoms with Crippen molar-refractivity contribution in [2.45, 2.75) is 39.2 Å². The van der Waals surface area contributed by atoms with Gasteiger partial charge in [0, 0.05) is 12.2 Å². The lowest BCUT2D eigenvalue weighted by molar-refractivity contribution is 0.526. The van der Waals surface area contributed by atoms with E-state index in [2.05, 4.69) is 29.8 Å². The van der Waals surface area contributed by atoms with Crippen LogP contribution in [0.15, 0.2) is 6.07 Å². The molecule has 0 saturated heterocycles. The fraction of sp³-hybridized carbons (Fsp3) is 0.700. The van der Waals surface area contributed by atoms with E-state index in [-0.39, 0.29) is 0 Å². The van der Waals surface area contributed by atoms with E-state index < -0.39 is 0 Å². The number of hydrogen-bond donors (Lipinski definition) is 0. The molecule has 1 radical (unpaired) electrons. The molecule has 0 N–H and O–H groups in total. The third-order valence-corrected chi connectivity index (χ3v) is 2.41. The van der Waals surface area contributed by atoms with Crippen molar-refractivity contribution in [3.63, 3.8) is 0 Å². The normalized spacial score (nSPS) is 17.2. The Hall–Kier alpha value is -0.790. The fourth-order valence-corrected chi connectivity index (χ4v) is 1.45. The highest BCUT2D eigenvalue weighted by Gasteiger charge is 2.23. The lowest BCUT2D eigenvalue weighted by Crippen LogP contribution is -2.07. The zero-order chi connectivity index (χ0) is 8.55. The first-order valence-electron chi connectivity index (χ1n) is 4.71. The SMILES string of the molecule is CC(C)c1c[c]nn1CC1CC1. The van der Waals surface area contributed by atoms with Gasteiger partial charge in [-0.3, -0.25) is 4.68 Å². The Labute approximate surface area is 73.6 Å². The van der Waals surface area contributed by atoms with Crippen LogP contribution < -0.4 is 0 Å². The molecule has 0 atom stereocenters. The van der Waals surface area contributed by atoms with E-state index in [1.165, 1.54) is 18.5 Å². The predicted octanol–water partition coefficient (Wildman–Crippen LogP) is 2.22. The summed E-state index contributed by atoms with van der Waals surface area (Å²) in [5.41, 5.74) is 1.32. The van der Waals surface area contributed by atoms with Crippen LogP contribution in [0.5, 0.6) is 0 Å². The van der Waals surface area contributed by atoms with Crippen molar-refractivity contribution < 1.29 is 0 Å². The zero-order valence-corrected chi connectivity index (χ0v) is 7.75. The summed E-state index contributed by atoms with van der Waals surface area (Å²) in [5, 5.41) is 4.21. The third-order valence-electron chi connectivity index (χ3n) is 2.41. The van der Waals surface area contributed by atoms with Gasteiger partial charge in [-0.05, 0) is 30.7 Å². The lowest BCUT2D eigenvalue weighted by atomic mass is 10.1. The van der Waals surface area contributed by atoms with E-state index in [0.717, 1.165) is 12.5 Å². The third kappa shape index (κ3) is 1.52. The van der Waals surface area contributed by atoms with Crippen molar-refractivity contribution in [2.75, 3.05) is 0 Å². The van der Waals surface area contributed by atoms with E-state index in [4.69, 9.17) is 0 Å². The highest BCUT2D eigenvalue weighted by molar-refractivity contribution is 5.04. The smallest absolute Gasteiger partial charge is 0.113 e. The van der Waals surface area contributed by atoms with Crippen LogP contribution in [0, 0.1) is 12.1 Å². The Morgan fingerprint density at radius 1 is 1.67 bits per heavy atom. The van der Waals surface area contributed by atoms with Gasteiger partial charge in [-0.2, -0.15) is 5.10 Å². The minimum absolute atomic E-state index is 0.572. The number of rotatable bonds is 3. The minimum Gasteiger partial charge on any atom is -0.268 e. The molecule has 1 fully saturated rings. The maximum absolute atomic E-state index is 4.21. The standard InChI is InChI=1S/C10H15N2/c1-8(2)10-5-6-11-12(10)7-9-3-4-9/h5,8-9H,3-4,7H2,1-2H3. The van der Waals surface area contributed by atoms with Crippen molar-refractivity contribution in [1.29, 1.82) is 0 Å². The van der Waals surface area contributed by atoms with Gasteiger partial charge in [0.1, 0.15) is 6.20 Å². The molecule has 2 heteroatoms. The van der Waals surface area contributed by atoms with Gasteiger partial charge < -0.3 is 0 Å². The number of hydrogen-bond acceptors (Lipinski definition) is 1. The van der Waals surface area contributed by atoms with Crippen LogP contribution in [-0.2, 0) is 6.54 Å². The quantitative estimate of drug-likeness (QED) is 0.668. The van der Waals surface area contributed by atoms with Gasteiger partial charge in [-0.1, -0.05) is 13.8 Å². The van der Waals surface area contributed by atoms with Crippen LogP contribution in [0.25, 0.3) is 0 Å². The monoisotopic (exact) mass is 163 g/mol. The maximum Gasteiger partial charge on any atom is 0.113 e. The van der Waals surface area contributed by atoms with Crippen molar-refractivity contribution in [2.24, 2.45) is 5.92 Å². The number of nitrogens with zero attached hydrogens (tertiary/aromatic N) is 2.